The van der Waals surface area contributed by atoms with Gasteiger partial charge in [-0.2, -0.15) is 0 Å². The first-order valence-corrected chi connectivity index (χ1v) is 10.6. The fourth-order valence-corrected chi connectivity index (χ4v) is 3.50. The van der Waals surface area contributed by atoms with Crippen molar-refractivity contribution in [2.24, 2.45) is 17.6 Å². The summed E-state index contributed by atoms with van der Waals surface area (Å²) in [6, 6.07) is 15.0. The van der Waals surface area contributed by atoms with Crippen LogP contribution in [0.2, 0.25) is 0 Å². The minimum absolute atomic E-state index is 0.0215. The molecule has 1 saturated heterocycles. The number of piperidine rings is 1. The second kappa shape index (κ2) is 10.1. The van der Waals surface area contributed by atoms with Gasteiger partial charge in [-0.05, 0) is 73.7 Å². The standard InChI is InChI=1S/C24H31N3O3/c1-17(2)13-16-30-22-9-3-19(4-10-22)24(29)26-20-5-7-21(8-6-20)27-14-11-18(12-15-27)23(25)28/h3-10,17-18H,11-16H2,1-2H3,(H2,25,28)(H,26,29). The molecule has 0 saturated carbocycles. The van der Waals surface area contributed by atoms with Crippen LogP contribution in [0.1, 0.15) is 43.5 Å². The van der Waals surface area contributed by atoms with Crippen molar-refractivity contribution in [3.63, 3.8) is 0 Å². The molecule has 0 aliphatic carbocycles. The van der Waals surface area contributed by atoms with E-state index in [0.717, 1.165) is 49.5 Å². The lowest BCUT2D eigenvalue weighted by Crippen LogP contribution is -2.38. The van der Waals surface area contributed by atoms with Gasteiger partial charge in [0.25, 0.3) is 5.91 Å². The Morgan fingerprint density at radius 3 is 2.27 bits per heavy atom. The molecular formula is C24H31N3O3. The predicted octanol–water partition coefficient (Wildman–Crippen LogP) is 4.07. The molecule has 1 fully saturated rings. The van der Waals surface area contributed by atoms with Crippen molar-refractivity contribution in [3.05, 3.63) is 54.1 Å². The normalized spacial score (nSPS) is 14.6. The summed E-state index contributed by atoms with van der Waals surface area (Å²) in [5.74, 6) is 0.994. The number of carbonyl (C=O) groups excluding carboxylic acids is 2. The molecule has 3 N–H and O–H groups in total. The number of amides is 2. The number of hydrogen-bond acceptors (Lipinski definition) is 4. The van der Waals surface area contributed by atoms with E-state index in [-0.39, 0.29) is 17.7 Å². The van der Waals surface area contributed by atoms with E-state index in [1.54, 1.807) is 12.1 Å². The second-order valence-corrected chi connectivity index (χ2v) is 8.22. The van der Waals surface area contributed by atoms with E-state index in [2.05, 4.69) is 24.1 Å². The highest BCUT2D eigenvalue weighted by Gasteiger charge is 2.23. The zero-order chi connectivity index (χ0) is 21.5. The summed E-state index contributed by atoms with van der Waals surface area (Å²) < 4.78 is 5.70. The third kappa shape index (κ3) is 5.99. The van der Waals surface area contributed by atoms with Crippen molar-refractivity contribution >= 4 is 23.2 Å². The predicted molar refractivity (Wildman–Crippen MR) is 120 cm³/mol. The van der Waals surface area contributed by atoms with Crippen LogP contribution in [0.25, 0.3) is 0 Å². The van der Waals surface area contributed by atoms with Gasteiger partial charge < -0.3 is 20.7 Å². The van der Waals surface area contributed by atoms with Gasteiger partial charge >= 0.3 is 0 Å². The molecule has 0 radical (unpaired) electrons. The molecule has 1 aliphatic heterocycles. The Labute approximate surface area is 178 Å². The Morgan fingerprint density at radius 1 is 1.07 bits per heavy atom. The first kappa shape index (κ1) is 21.7. The summed E-state index contributed by atoms with van der Waals surface area (Å²) in [5.41, 5.74) is 7.81. The Morgan fingerprint density at radius 2 is 1.70 bits per heavy atom. The van der Waals surface area contributed by atoms with E-state index in [9.17, 15) is 9.59 Å². The van der Waals surface area contributed by atoms with Crippen LogP contribution < -0.4 is 20.7 Å². The molecule has 0 atom stereocenters. The molecule has 2 aromatic rings. The van der Waals surface area contributed by atoms with Gasteiger partial charge in [0.05, 0.1) is 6.61 Å². The maximum Gasteiger partial charge on any atom is 0.255 e. The molecule has 0 aromatic heterocycles. The summed E-state index contributed by atoms with van der Waals surface area (Å²) in [7, 11) is 0. The highest BCUT2D eigenvalue weighted by atomic mass is 16.5. The Bertz CT molecular complexity index is 839. The van der Waals surface area contributed by atoms with Gasteiger partial charge in [-0.1, -0.05) is 13.8 Å². The van der Waals surface area contributed by atoms with Crippen LogP contribution in [0.4, 0.5) is 11.4 Å². The summed E-state index contributed by atoms with van der Waals surface area (Å²) in [6.07, 6.45) is 2.57. The molecule has 0 spiro atoms. The lowest BCUT2D eigenvalue weighted by molar-refractivity contribution is -0.122. The van der Waals surface area contributed by atoms with Crippen LogP contribution in [0, 0.1) is 11.8 Å². The van der Waals surface area contributed by atoms with E-state index in [0.29, 0.717) is 18.1 Å². The summed E-state index contributed by atoms with van der Waals surface area (Å²) >= 11 is 0. The Balaban J connectivity index is 1.51. The molecule has 30 heavy (non-hydrogen) atoms. The number of hydrogen-bond donors (Lipinski definition) is 2. The molecule has 0 unspecified atom stereocenters. The van der Waals surface area contributed by atoms with Crippen molar-refractivity contribution < 1.29 is 14.3 Å². The number of carbonyl (C=O) groups is 2. The van der Waals surface area contributed by atoms with Crippen LogP contribution >= 0.6 is 0 Å². The van der Waals surface area contributed by atoms with Gasteiger partial charge in [0.1, 0.15) is 5.75 Å². The van der Waals surface area contributed by atoms with Crippen molar-refractivity contribution in [3.8, 4) is 5.75 Å². The number of nitrogens with two attached hydrogens (primary N) is 1. The largest absolute Gasteiger partial charge is 0.494 e. The number of anilines is 2. The maximum absolute atomic E-state index is 12.5. The second-order valence-electron chi connectivity index (χ2n) is 8.22. The summed E-state index contributed by atoms with van der Waals surface area (Å²) in [4.78, 5) is 26.1. The number of nitrogens with zero attached hydrogens (tertiary/aromatic N) is 1. The van der Waals surface area contributed by atoms with Gasteiger partial charge in [0.15, 0.2) is 0 Å². The van der Waals surface area contributed by atoms with Crippen molar-refractivity contribution in [1.29, 1.82) is 0 Å². The van der Waals surface area contributed by atoms with Crippen LogP contribution in [0.5, 0.6) is 5.75 Å². The van der Waals surface area contributed by atoms with Crippen LogP contribution in [0.15, 0.2) is 48.5 Å². The van der Waals surface area contributed by atoms with Gasteiger partial charge in [0, 0.05) is 35.9 Å². The zero-order valence-corrected chi connectivity index (χ0v) is 17.8. The smallest absolute Gasteiger partial charge is 0.255 e. The quantitative estimate of drug-likeness (QED) is 0.688. The number of rotatable bonds is 8. The van der Waals surface area contributed by atoms with E-state index in [1.807, 2.05) is 36.4 Å². The van der Waals surface area contributed by atoms with E-state index in [4.69, 9.17) is 10.5 Å². The van der Waals surface area contributed by atoms with Crippen LogP contribution in [-0.2, 0) is 4.79 Å². The molecule has 6 nitrogen and oxygen atoms in total. The topological polar surface area (TPSA) is 84.7 Å². The van der Waals surface area contributed by atoms with E-state index < -0.39 is 0 Å². The number of nitrogens with one attached hydrogen (secondary N) is 1. The third-order valence-electron chi connectivity index (χ3n) is 5.47. The minimum atomic E-state index is -0.206. The molecule has 6 heteroatoms. The molecule has 2 amide bonds. The molecule has 160 valence electrons. The highest BCUT2D eigenvalue weighted by molar-refractivity contribution is 6.04. The van der Waals surface area contributed by atoms with Crippen molar-refractivity contribution in [1.82, 2.24) is 0 Å². The molecule has 3 rings (SSSR count). The summed E-state index contributed by atoms with van der Waals surface area (Å²) in [6.45, 7) is 6.62. The SMILES string of the molecule is CC(C)CCOc1ccc(C(=O)Nc2ccc(N3CCC(C(N)=O)CC3)cc2)cc1. The molecule has 1 aliphatic rings. The van der Waals surface area contributed by atoms with Crippen LogP contribution in [-0.4, -0.2) is 31.5 Å². The number of primary amides is 1. The highest BCUT2D eigenvalue weighted by Crippen LogP contribution is 2.25. The van der Waals surface area contributed by atoms with Crippen molar-refractivity contribution in [2.75, 3.05) is 29.9 Å². The zero-order valence-electron chi connectivity index (χ0n) is 17.8. The van der Waals surface area contributed by atoms with Gasteiger partial charge in [-0.15, -0.1) is 0 Å². The first-order chi connectivity index (χ1) is 14.4. The van der Waals surface area contributed by atoms with Gasteiger partial charge in [-0.3, -0.25) is 9.59 Å². The number of ether oxygens (including phenoxy) is 1. The minimum Gasteiger partial charge on any atom is -0.494 e. The van der Waals surface area contributed by atoms with Crippen LogP contribution in [0.3, 0.4) is 0 Å². The van der Waals surface area contributed by atoms with E-state index in [1.165, 1.54) is 0 Å². The Hall–Kier alpha value is -3.02. The van der Waals surface area contributed by atoms with E-state index >= 15 is 0 Å². The average Bonchev–Trinajstić information content (AvgIpc) is 2.74. The maximum atomic E-state index is 12.5. The molecule has 2 aromatic carbocycles. The fraction of sp³-hybridized carbons (Fsp3) is 0.417. The fourth-order valence-electron chi connectivity index (χ4n) is 3.50. The lowest BCUT2D eigenvalue weighted by Gasteiger charge is -2.32. The van der Waals surface area contributed by atoms with Gasteiger partial charge in [0.2, 0.25) is 5.91 Å². The first-order valence-electron chi connectivity index (χ1n) is 10.6. The van der Waals surface area contributed by atoms with Crippen molar-refractivity contribution in [2.45, 2.75) is 33.1 Å². The third-order valence-corrected chi connectivity index (χ3v) is 5.47. The van der Waals surface area contributed by atoms with Gasteiger partial charge in [-0.25, -0.2) is 0 Å². The average molecular weight is 410 g/mol. The molecule has 0 bridgehead atoms. The molecular weight excluding hydrogens is 378 g/mol. The summed E-state index contributed by atoms with van der Waals surface area (Å²) in [5, 5.41) is 2.93. The lowest BCUT2D eigenvalue weighted by atomic mass is 9.96. The molecule has 1 heterocycles. The Kier molecular flexibility index (Phi) is 7.33. The number of benzene rings is 2. The monoisotopic (exact) mass is 409 g/mol.